The lowest BCUT2D eigenvalue weighted by Gasteiger charge is -2.56. The Morgan fingerprint density at radius 1 is 0.862 bits per heavy atom. The Morgan fingerprint density at radius 3 is 1.76 bits per heavy atom. The van der Waals surface area contributed by atoms with Gasteiger partial charge in [0.15, 0.2) is 0 Å². The van der Waals surface area contributed by atoms with Crippen molar-refractivity contribution in [2.75, 3.05) is 6.61 Å². The van der Waals surface area contributed by atoms with Gasteiger partial charge in [-0.3, -0.25) is 0 Å². The van der Waals surface area contributed by atoms with Gasteiger partial charge < -0.3 is 24.8 Å². The van der Waals surface area contributed by atoms with Crippen LogP contribution in [0.5, 0.6) is 0 Å². The summed E-state index contributed by atoms with van der Waals surface area (Å²) in [7, 11) is 0. The Balaban J connectivity index is 3.22. The van der Waals surface area contributed by atoms with Gasteiger partial charge in [0.1, 0.15) is 24.4 Å². The van der Waals surface area contributed by atoms with Gasteiger partial charge in [-0.05, 0) is 31.1 Å². The zero-order valence-corrected chi connectivity index (χ0v) is 20.0. The van der Waals surface area contributed by atoms with Gasteiger partial charge in [-0.25, -0.2) is 0 Å². The maximum absolute atomic E-state index is 11.2. The molecule has 174 valence electrons. The van der Waals surface area contributed by atoms with Crippen LogP contribution in [-0.2, 0) is 9.47 Å². The highest BCUT2D eigenvalue weighted by Crippen LogP contribution is 2.52. The lowest BCUT2D eigenvalue weighted by molar-refractivity contribution is -0.287. The summed E-state index contributed by atoms with van der Waals surface area (Å²) in [4.78, 5) is 0. The van der Waals surface area contributed by atoms with E-state index in [1.54, 1.807) is 0 Å². The van der Waals surface area contributed by atoms with E-state index in [1.165, 1.54) is 0 Å². The van der Waals surface area contributed by atoms with Crippen LogP contribution in [0.1, 0.15) is 99.8 Å². The molecule has 1 fully saturated rings. The number of rotatable bonds is 12. The number of hydrogen-bond acceptors (Lipinski definition) is 5. The van der Waals surface area contributed by atoms with Crippen LogP contribution in [0.2, 0.25) is 0 Å². The van der Waals surface area contributed by atoms with Crippen molar-refractivity contribution in [1.82, 2.24) is 0 Å². The van der Waals surface area contributed by atoms with Gasteiger partial charge in [0, 0.05) is 5.41 Å². The third-order valence-electron chi connectivity index (χ3n) is 6.87. The highest BCUT2D eigenvalue weighted by Gasteiger charge is 2.56. The molecule has 1 saturated heterocycles. The average Bonchev–Trinajstić information content (AvgIpc) is 2.65. The molecule has 1 aliphatic rings. The summed E-state index contributed by atoms with van der Waals surface area (Å²) in [5.74, 6) is 0. The molecule has 0 aromatic rings. The van der Waals surface area contributed by atoms with E-state index in [2.05, 4.69) is 48.5 Å². The molecule has 0 bridgehead atoms. The van der Waals surface area contributed by atoms with Crippen molar-refractivity contribution in [2.24, 2.45) is 10.8 Å². The normalized spacial score (nSPS) is 28.9. The minimum atomic E-state index is -1.07. The summed E-state index contributed by atoms with van der Waals surface area (Å²) in [6.45, 7) is 14.9. The number of aliphatic hydroxyl groups excluding tert-OH is 3. The van der Waals surface area contributed by atoms with E-state index >= 15 is 0 Å². The maximum Gasteiger partial charge on any atom is 0.115 e. The van der Waals surface area contributed by atoms with Gasteiger partial charge in [-0.1, -0.05) is 74.1 Å². The van der Waals surface area contributed by atoms with Crippen molar-refractivity contribution >= 4 is 0 Å². The van der Waals surface area contributed by atoms with Crippen molar-refractivity contribution < 1.29 is 24.8 Å². The molecule has 5 unspecified atom stereocenters. The molecular weight excluding hydrogens is 368 g/mol. The minimum absolute atomic E-state index is 0.00436. The van der Waals surface area contributed by atoms with Gasteiger partial charge in [0.05, 0.1) is 18.8 Å². The predicted octanol–water partition coefficient (Wildman–Crippen LogP) is 4.45. The molecule has 29 heavy (non-hydrogen) atoms. The fraction of sp³-hybridized carbons (Fsp3) is 1.00. The maximum atomic E-state index is 11.2. The highest BCUT2D eigenvalue weighted by molar-refractivity contribution is 5.05. The standard InChI is InChI=1S/C24H48O5/c1-8-12-17(13-9-2)28-21-18(16-25)29-22(20(27)19(21)26)24(14-10-3,15-11-4)23(5,6)7/h17-22,25-27H,8-16H2,1-7H3. The third kappa shape index (κ3) is 6.16. The molecule has 3 N–H and O–H groups in total. The molecule has 1 heterocycles. The third-order valence-corrected chi connectivity index (χ3v) is 6.87. The molecule has 0 aromatic heterocycles. The van der Waals surface area contributed by atoms with E-state index in [-0.39, 0.29) is 23.5 Å². The summed E-state index contributed by atoms with van der Waals surface area (Å²) in [6, 6.07) is 0. The van der Waals surface area contributed by atoms with E-state index < -0.39 is 30.5 Å². The van der Waals surface area contributed by atoms with Crippen LogP contribution in [0.4, 0.5) is 0 Å². The number of aliphatic hydroxyl groups is 3. The van der Waals surface area contributed by atoms with Gasteiger partial charge in [-0.2, -0.15) is 0 Å². The summed E-state index contributed by atoms with van der Waals surface area (Å²) in [6.07, 6.45) is 3.52. The van der Waals surface area contributed by atoms with E-state index in [0.717, 1.165) is 51.4 Å². The molecular formula is C24H48O5. The van der Waals surface area contributed by atoms with Gasteiger partial charge in [-0.15, -0.1) is 0 Å². The minimum Gasteiger partial charge on any atom is -0.394 e. The second-order valence-corrected chi connectivity index (χ2v) is 9.97. The summed E-state index contributed by atoms with van der Waals surface area (Å²) in [5.41, 5.74) is -0.410. The molecule has 1 aliphatic heterocycles. The number of ether oxygens (including phenoxy) is 2. The van der Waals surface area contributed by atoms with E-state index in [0.29, 0.717) is 0 Å². The first kappa shape index (κ1) is 26.8. The van der Waals surface area contributed by atoms with Crippen molar-refractivity contribution in [3.8, 4) is 0 Å². The lowest BCUT2D eigenvalue weighted by atomic mass is 9.57. The summed E-state index contributed by atoms with van der Waals surface area (Å²) in [5, 5.41) is 32.4. The van der Waals surface area contributed by atoms with Crippen LogP contribution in [-0.4, -0.2) is 58.6 Å². The zero-order valence-electron chi connectivity index (χ0n) is 20.0. The van der Waals surface area contributed by atoms with Crippen LogP contribution in [0, 0.1) is 10.8 Å². The van der Waals surface area contributed by atoms with Gasteiger partial charge in [0.25, 0.3) is 0 Å². The van der Waals surface area contributed by atoms with Gasteiger partial charge in [0.2, 0.25) is 0 Å². The van der Waals surface area contributed by atoms with Crippen LogP contribution in [0.15, 0.2) is 0 Å². The van der Waals surface area contributed by atoms with Crippen molar-refractivity contribution in [1.29, 1.82) is 0 Å². The first-order chi connectivity index (χ1) is 13.6. The van der Waals surface area contributed by atoms with Crippen LogP contribution < -0.4 is 0 Å². The first-order valence-electron chi connectivity index (χ1n) is 11.9. The van der Waals surface area contributed by atoms with Crippen molar-refractivity contribution in [3.05, 3.63) is 0 Å². The Kier molecular flexibility index (Phi) is 11.1. The Hall–Kier alpha value is -0.200. The fourth-order valence-corrected chi connectivity index (χ4v) is 5.34. The smallest absolute Gasteiger partial charge is 0.115 e. The SMILES string of the molecule is CCCC(CCC)OC1C(CO)OC(C(CCC)(CCC)C(C)(C)C)C(O)C1O. The second kappa shape index (κ2) is 12.0. The second-order valence-electron chi connectivity index (χ2n) is 9.97. The first-order valence-corrected chi connectivity index (χ1v) is 11.9. The Bertz CT molecular complexity index is 433. The fourth-order valence-electron chi connectivity index (χ4n) is 5.34. The predicted molar refractivity (Wildman–Crippen MR) is 118 cm³/mol. The van der Waals surface area contributed by atoms with Crippen LogP contribution in [0.3, 0.4) is 0 Å². The van der Waals surface area contributed by atoms with Gasteiger partial charge >= 0.3 is 0 Å². The lowest BCUT2D eigenvalue weighted by Crippen LogP contribution is -2.66. The van der Waals surface area contributed by atoms with Crippen LogP contribution >= 0.6 is 0 Å². The molecule has 5 heteroatoms. The zero-order chi connectivity index (χ0) is 22.2. The topological polar surface area (TPSA) is 79.2 Å². The molecule has 0 amide bonds. The van der Waals surface area contributed by atoms with E-state index in [4.69, 9.17) is 9.47 Å². The molecule has 0 aliphatic carbocycles. The molecule has 1 rings (SSSR count). The molecule has 5 atom stereocenters. The monoisotopic (exact) mass is 416 g/mol. The Labute approximate surface area is 179 Å². The number of hydrogen-bond donors (Lipinski definition) is 3. The molecule has 5 nitrogen and oxygen atoms in total. The Morgan fingerprint density at radius 2 is 1.38 bits per heavy atom. The van der Waals surface area contributed by atoms with Crippen molar-refractivity contribution in [2.45, 2.75) is 136 Å². The molecule has 0 radical (unpaired) electrons. The van der Waals surface area contributed by atoms with E-state index in [1.807, 2.05) is 0 Å². The summed E-state index contributed by atoms with van der Waals surface area (Å²) < 4.78 is 12.6. The van der Waals surface area contributed by atoms with E-state index in [9.17, 15) is 15.3 Å². The molecule has 0 aromatic carbocycles. The largest absolute Gasteiger partial charge is 0.394 e. The summed E-state index contributed by atoms with van der Waals surface area (Å²) >= 11 is 0. The quantitative estimate of drug-likeness (QED) is 0.438. The molecule has 0 spiro atoms. The molecule has 0 saturated carbocycles. The van der Waals surface area contributed by atoms with Crippen LogP contribution in [0.25, 0.3) is 0 Å². The average molecular weight is 417 g/mol. The highest BCUT2D eigenvalue weighted by atomic mass is 16.6. The van der Waals surface area contributed by atoms with Crippen molar-refractivity contribution in [3.63, 3.8) is 0 Å².